The summed E-state index contributed by atoms with van der Waals surface area (Å²) in [6, 6.07) is 18.3. The zero-order valence-corrected chi connectivity index (χ0v) is 18.2. The fraction of sp³-hybridized carbons (Fsp3) is 0.292. The molecule has 0 saturated carbocycles. The number of benzene rings is 2. The van der Waals surface area contributed by atoms with Crippen molar-refractivity contribution in [2.75, 3.05) is 25.4 Å². The number of aromatic nitrogens is 2. The number of hydrogen-bond acceptors (Lipinski definition) is 4. The van der Waals surface area contributed by atoms with Gasteiger partial charge in [-0.3, -0.25) is 4.99 Å². The SMILES string of the molecule is CCNC(=NCCCc1nn(-c2ccc(F)cc2)c(N)c1C#N)NCCc1ccccc1. The lowest BCUT2D eigenvalue weighted by Gasteiger charge is -2.11. The molecule has 0 atom stereocenters. The van der Waals surface area contributed by atoms with Crippen LogP contribution in [0.25, 0.3) is 5.69 Å². The van der Waals surface area contributed by atoms with Crippen LogP contribution in [0.2, 0.25) is 0 Å². The molecule has 0 aliphatic carbocycles. The number of hydrogen-bond donors (Lipinski definition) is 3. The van der Waals surface area contributed by atoms with E-state index in [1.807, 2.05) is 25.1 Å². The van der Waals surface area contributed by atoms with Crippen LogP contribution in [0, 0.1) is 17.1 Å². The Labute approximate surface area is 187 Å². The third-order valence-corrected chi connectivity index (χ3v) is 4.91. The maximum absolute atomic E-state index is 13.2. The van der Waals surface area contributed by atoms with E-state index >= 15 is 0 Å². The Morgan fingerprint density at radius 1 is 1.12 bits per heavy atom. The molecule has 0 spiro atoms. The molecule has 4 N–H and O–H groups in total. The first-order chi connectivity index (χ1) is 15.6. The van der Waals surface area contributed by atoms with Crippen LogP contribution >= 0.6 is 0 Å². The number of nitrogen functional groups attached to an aromatic ring is 1. The van der Waals surface area contributed by atoms with Crippen molar-refractivity contribution >= 4 is 11.8 Å². The lowest BCUT2D eigenvalue weighted by Crippen LogP contribution is -2.38. The lowest BCUT2D eigenvalue weighted by molar-refractivity contribution is 0.627. The largest absolute Gasteiger partial charge is 0.382 e. The van der Waals surface area contributed by atoms with Gasteiger partial charge in [-0.25, -0.2) is 9.07 Å². The van der Waals surface area contributed by atoms with Crippen molar-refractivity contribution in [1.82, 2.24) is 20.4 Å². The fourth-order valence-corrected chi connectivity index (χ4v) is 3.30. The van der Waals surface area contributed by atoms with Crippen LogP contribution < -0.4 is 16.4 Å². The summed E-state index contributed by atoms with van der Waals surface area (Å²) in [5.41, 5.74) is 8.97. The molecule has 0 amide bonds. The molecule has 32 heavy (non-hydrogen) atoms. The maximum Gasteiger partial charge on any atom is 0.191 e. The topological polar surface area (TPSA) is 104 Å². The maximum atomic E-state index is 13.2. The van der Waals surface area contributed by atoms with Crippen LogP contribution in [0.3, 0.4) is 0 Å². The summed E-state index contributed by atoms with van der Waals surface area (Å²) in [6.07, 6.45) is 2.19. The third-order valence-electron chi connectivity index (χ3n) is 4.91. The minimum atomic E-state index is -0.341. The van der Waals surface area contributed by atoms with E-state index in [4.69, 9.17) is 5.73 Å². The molecule has 0 bridgehead atoms. The highest BCUT2D eigenvalue weighted by molar-refractivity contribution is 5.79. The zero-order valence-electron chi connectivity index (χ0n) is 18.2. The van der Waals surface area contributed by atoms with Crippen LogP contribution in [0.15, 0.2) is 59.6 Å². The smallest absolute Gasteiger partial charge is 0.191 e. The molecule has 2 aromatic carbocycles. The number of nitriles is 1. The van der Waals surface area contributed by atoms with E-state index in [1.165, 1.54) is 22.4 Å². The second-order valence-corrected chi connectivity index (χ2v) is 7.23. The van der Waals surface area contributed by atoms with Crippen molar-refractivity contribution in [2.45, 2.75) is 26.2 Å². The Hall–Kier alpha value is -3.86. The number of guanidine groups is 1. The van der Waals surface area contributed by atoms with Crippen LogP contribution in [-0.2, 0) is 12.8 Å². The average molecular weight is 434 g/mol. The van der Waals surface area contributed by atoms with Gasteiger partial charge in [0.1, 0.15) is 23.3 Å². The van der Waals surface area contributed by atoms with Gasteiger partial charge in [0.25, 0.3) is 0 Å². The number of aliphatic imine (C=N–C) groups is 1. The molecule has 7 nitrogen and oxygen atoms in total. The summed E-state index contributed by atoms with van der Waals surface area (Å²) in [6.45, 7) is 4.16. The van der Waals surface area contributed by atoms with Crippen molar-refractivity contribution in [3.8, 4) is 11.8 Å². The van der Waals surface area contributed by atoms with Gasteiger partial charge >= 0.3 is 0 Å². The summed E-state index contributed by atoms with van der Waals surface area (Å²) in [5.74, 6) is 0.681. The van der Waals surface area contributed by atoms with Crippen molar-refractivity contribution < 1.29 is 4.39 Å². The molecule has 1 aromatic heterocycles. The van der Waals surface area contributed by atoms with Gasteiger partial charge in [-0.2, -0.15) is 10.4 Å². The number of aryl methyl sites for hydroxylation is 1. The zero-order chi connectivity index (χ0) is 22.8. The minimum absolute atomic E-state index is 0.258. The van der Waals surface area contributed by atoms with Gasteiger partial charge in [0.15, 0.2) is 5.96 Å². The molecular weight excluding hydrogens is 405 g/mol. The number of halogens is 1. The second kappa shape index (κ2) is 11.5. The van der Waals surface area contributed by atoms with E-state index in [9.17, 15) is 9.65 Å². The first-order valence-electron chi connectivity index (χ1n) is 10.7. The highest BCUT2D eigenvalue weighted by Gasteiger charge is 2.16. The van der Waals surface area contributed by atoms with Gasteiger partial charge in [0.2, 0.25) is 0 Å². The third kappa shape index (κ3) is 6.08. The summed E-state index contributed by atoms with van der Waals surface area (Å²) in [7, 11) is 0. The molecule has 3 rings (SSSR count). The van der Waals surface area contributed by atoms with Crippen molar-refractivity contribution in [2.24, 2.45) is 4.99 Å². The number of nitrogens with two attached hydrogens (primary N) is 1. The number of nitrogens with one attached hydrogen (secondary N) is 2. The standard InChI is InChI=1S/C24H28FN7/c1-2-28-24(30-16-14-18-7-4-3-5-8-18)29-15-6-9-22-21(17-26)23(27)32(31-22)20-12-10-19(25)11-13-20/h3-5,7-8,10-13H,2,6,9,14-16,27H2,1H3,(H2,28,29,30). The molecule has 0 aliphatic heterocycles. The van der Waals surface area contributed by atoms with E-state index in [-0.39, 0.29) is 11.6 Å². The molecule has 166 valence electrons. The quantitative estimate of drug-likeness (QED) is 0.273. The van der Waals surface area contributed by atoms with E-state index in [0.717, 1.165) is 25.5 Å². The van der Waals surface area contributed by atoms with Gasteiger partial charge in [0, 0.05) is 19.6 Å². The molecule has 0 saturated heterocycles. The summed E-state index contributed by atoms with van der Waals surface area (Å²) in [4.78, 5) is 4.62. The van der Waals surface area contributed by atoms with Gasteiger partial charge < -0.3 is 16.4 Å². The molecule has 8 heteroatoms. The normalized spacial score (nSPS) is 11.2. The molecule has 0 radical (unpaired) electrons. The van der Waals surface area contributed by atoms with Crippen LogP contribution in [-0.4, -0.2) is 35.4 Å². The molecule has 0 aliphatic rings. The van der Waals surface area contributed by atoms with Crippen LogP contribution in [0.4, 0.5) is 10.2 Å². The Balaban J connectivity index is 1.58. The highest BCUT2D eigenvalue weighted by atomic mass is 19.1. The number of rotatable bonds is 9. The molecule has 1 heterocycles. The average Bonchev–Trinajstić information content (AvgIpc) is 3.13. The van der Waals surface area contributed by atoms with Gasteiger partial charge in [-0.15, -0.1) is 0 Å². The van der Waals surface area contributed by atoms with Gasteiger partial charge in [-0.1, -0.05) is 30.3 Å². The monoisotopic (exact) mass is 433 g/mol. The Bertz CT molecular complexity index is 1070. The second-order valence-electron chi connectivity index (χ2n) is 7.23. The molecular formula is C24H28FN7. The van der Waals surface area contributed by atoms with Crippen molar-refractivity contribution in [3.63, 3.8) is 0 Å². The first kappa shape index (κ1) is 22.8. The van der Waals surface area contributed by atoms with Crippen molar-refractivity contribution in [3.05, 3.63) is 77.2 Å². The van der Waals surface area contributed by atoms with Crippen LogP contribution in [0.1, 0.15) is 30.2 Å². The number of anilines is 1. The van der Waals surface area contributed by atoms with E-state index in [2.05, 4.69) is 38.9 Å². The van der Waals surface area contributed by atoms with Crippen molar-refractivity contribution in [1.29, 1.82) is 5.26 Å². The van der Waals surface area contributed by atoms with E-state index < -0.39 is 0 Å². The summed E-state index contributed by atoms with van der Waals surface area (Å²) < 4.78 is 14.7. The van der Waals surface area contributed by atoms with E-state index in [0.29, 0.717) is 36.3 Å². The van der Waals surface area contributed by atoms with Gasteiger partial charge in [0.05, 0.1) is 11.4 Å². The van der Waals surface area contributed by atoms with E-state index in [1.54, 1.807) is 12.1 Å². The lowest BCUT2D eigenvalue weighted by atomic mass is 10.1. The predicted octanol–water partition coefficient (Wildman–Crippen LogP) is 3.20. The molecule has 3 aromatic rings. The van der Waals surface area contributed by atoms with Crippen LogP contribution in [0.5, 0.6) is 0 Å². The Morgan fingerprint density at radius 2 is 1.88 bits per heavy atom. The Kier molecular flexibility index (Phi) is 8.21. The summed E-state index contributed by atoms with van der Waals surface area (Å²) in [5, 5.41) is 20.6. The summed E-state index contributed by atoms with van der Waals surface area (Å²) >= 11 is 0. The number of nitrogens with zero attached hydrogens (tertiary/aromatic N) is 4. The van der Waals surface area contributed by atoms with Gasteiger partial charge in [-0.05, 0) is 56.0 Å². The minimum Gasteiger partial charge on any atom is -0.382 e. The highest BCUT2D eigenvalue weighted by Crippen LogP contribution is 2.21. The fourth-order valence-electron chi connectivity index (χ4n) is 3.30. The predicted molar refractivity (Wildman–Crippen MR) is 125 cm³/mol. The molecule has 0 fully saturated rings. The Morgan fingerprint density at radius 3 is 2.56 bits per heavy atom. The molecule has 0 unspecified atom stereocenters. The first-order valence-corrected chi connectivity index (χ1v) is 10.7.